The van der Waals surface area contributed by atoms with E-state index in [1.807, 2.05) is 42.5 Å². The molecule has 0 aliphatic heterocycles. The van der Waals surface area contributed by atoms with Gasteiger partial charge in [-0.3, -0.25) is 0 Å². The zero-order chi connectivity index (χ0) is 10.5. The van der Waals surface area contributed by atoms with Gasteiger partial charge in [-0.15, -0.1) is 0 Å². The fourth-order valence-corrected chi connectivity index (χ4v) is 1.46. The van der Waals surface area contributed by atoms with Crippen LogP contribution in [-0.4, -0.2) is 0 Å². The number of ether oxygens (including phenoxy) is 1. The summed E-state index contributed by atoms with van der Waals surface area (Å²) < 4.78 is 5.77. The number of benzene rings is 1. The monoisotopic (exact) mass is 198 g/mol. The third kappa shape index (κ3) is 2.84. The molecule has 0 heterocycles. The van der Waals surface area contributed by atoms with Crippen LogP contribution >= 0.6 is 0 Å². The van der Waals surface area contributed by atoms with Gasteiger partial charge in [-0.25, -0.2) is 0 Å². The maximum absolute atomic E-state index is 5.77. The van der Waals surface area contributed by atoms with Crippen LogP contribution in [0.25, 0.3) is 0 Å². The van der Waals surface area contributed by atoms with Crippen molar-refractivity contribution in [2.45, 2.75) is 13.3 Å². The number of rotatable bonds is 2. The predicted octanol–water partition coefficient (Wildman–Crippen LogP) is 3.77. The summed E-state index contributed by atoms with van der Waals surface area (Å²) in [5, 5.41) is 0. The van der Waals surface area contributed by atoms with Crippen LogP contribution in [0.15, 0.2) is 60.4 Å². The van der Waals surface area contributed by atoms with Crippen molar-refractivity contribution in [3.8, 4) is 5.75 Å². The predicted molar refractivity (Wildman–Crippen MR) is 62.8 cm³/mol. The van der Waals surface area contributed by atoms with Gasteiger partial charge in [-0.2, -0.15) is 0 Å². The number of aryl methyl sites for hydroxylation is 1. The number of hydrogen-bond donors (Lipinski definition) is 0. The molecule has 1 aliphatic carbocycles. The second-order valence-electron chi connectivity index (χ2n) is 3.57. The summed E-state index contributed by atoms with van der Waals surface area (Å²) in [6, 6.07) is 8.09. The van der Waals surface area contributed by atoms with E-state index in [2.05, 4.69) is 19.1 Å². The lowest BCUT2D eigenvalue weighted by atomic mass is 10.2. The second-order valence-corrected chi connectivity index (χ2v) is 3.57. The largest absolute Gasteiger partial charge is 0.461 e. The molecule has 0 bridgehead atoms. The molecule has 1 heteroatoms. The standard InChI is InChI=1S/C14H14O/c1-12-7-6-10-14(11-12)15-13-8-4-2-3-5-9-13/h2-8,10-11H,9H2,1H3. The van der Waals surface area contributed by atoms with Gasteiger partial charge in [0, 0.05) is 6.42 Å². The molecular formula is C14H14O. The van der Waals surface area contributed by atoms with Crippen LogP contribution in [0.1, 0.15) is 12.0 Å². The molecule has 1 aromatic carbocycles. The molecule has 2 rings (SSSR count). The van der Waals surface area contributed by atoms with Crippen molar-refractivity contribution in [2.75, 3.05) is 0 Å². The summed E-state index contributed by atoms with van der Waals surface area (Å²) in [6.07, 6.45) is 11.0. The molecular weight excluding hydrogens is 184 g/mol. The van der Waals surface area contributed by atoms with Crippen LogP contribution in [0, 0.1) is 6.92 Å². The molecule has 1 nitrogen and oxygen atoms in total. The quantitative estimate of drug-likeness (QED) is 0.702. The molecule has 0 amide bonds. The topological polar surface area (TPSA) is 9.23 Å². The first kappa shape index (κ1) is 9.78. The molecule has 0 radical (unpaired) electrons. The highest BCUT2D eigenvalue weighted by Crippen LogP contribution is 2.18. The number of hydrogen-bond acceptors (Lipinski definition) is 1. The van der Waals surface area contributed by atoms with Gasteiger partial charge in [-0.05, 0) is 30.7 Å². The average molecular weight is 198 g/mol. The van der Waals surface area contributed by atoms with Crippen molar-refractivity contribution < 1.29 is 4.74 Å². The Bertz CT molecular complexity index is 425. The molecule has 15 heavy (non-hydrogen) atoms. The highest BCUT2D eigenvalue weighted by molar-refractivity contribution is 5.30. The molecule has 0 N–H and O–H groups in total. The van der Waals surface area contributed by atoms with Crippen molar-refractivity contribution in [3.05, 3.63) is 66.0 Å². The van der Waals surface area contributed by atoms with Crippen LogP contribution in [0.4, 0.5) is 0 Å². The SMILES string of the molecule is Cc1cccc(OC2=CC=CC=CC2)c1. The Balaban J connectivity index is 2.12. The maximum Gasteiger partial charge on any atom is 0.127 e. The first-order chi connectivity index (χ1) is 7.34. The van der Waals surface area contributed by atoms with Crippen molar-refractivity contribution >= 4 is 0 Å². The Morgan fingerprint density at radius 3 is 2.93 bits per heavy atom. The zero-order valence-corrected chi connectivity index (χ0v) is 8.81. The highest BCUT2D eigenvalue weighted by atomic mass is 16.5. The lowest BCUT2D eigenvalue weighted by molar-refractivity contribution is 0.416. The van der Waals surface area contributed by atoms with Crippen molar-refractivity contribution in [2.24, 2.45) is 0 Å². The van der Waals surface area contributed by atoms with Crippen LogP contribution in [0.3, 0.4) is 0 Å². The van der Waals surface area contributed by atoms with Crippen molar-refractivity contribution in [3.63, 3.8) is 0 Å². The highest BCUT2D eigenvalue weighted by Gasteiger charge is 1.99. The average Bonchev–Trinajstić information content (AvgIpc) is 2.46. The van der Waals surface area contributed by atoms with Gasteiger partial charge < -0.3 is 4.74 Å². The van der Waals surface area contributed by atoms with Gasteiger partial charge in [0.25, 0.3) is 0 Å². The summed E-state index contributed by atoms with van der Waals surface area (Å²) in [4.78, 5) is 0. The molecule has 0 saturated carbocycles. The van der Waals surface area contributed by atoms with E-state index in [0.29, 0.717) is 0 Å². The summed E-state index contributed by atoms with van der Waals surface area (Å²) in [5.41, 5.74) is 1.22. The third-order valence-corrected chi connectivity index (χ3v) is 2.20. The summed E-state index contributed by atoms with van der Waals surface area (Å²) >= 11 is 0. The Labute approximate surface area is 90.4 Å². The van der Waals surface area contributed by atoms with E-state index in [4.69, 9.17) is 4.74 Å². The summed E-state index contributed by atoms with van der Waals surface area (Å²) in [5.74, 6) is 1.88. The molecule has 1 aliphatic rings. The molecule has 76 valence electrons. The van der Waals surface area contributed by atoms with Gasteiger partial charge in [-0.1, -0.05) is 36.4 Å². The summed E-state index contributed by atoms with van der Waals surface area (Å²) in [6.45, 7) is 2.06. The first-order valence-electron chi connectivity index (χ1n) is 5.11. The van der Waals surface area contributed by atoms with Gasteiger partial charge >= 0.3 is 0 Å². The molecule has 0 fully saturated rings. The van der Waals surface area contributed by atoms with Gasteiger partial charge in [0.05, 0.1) is 0 Å². The van der Waals surface area contributed by atoms with Crippen LogP contribution in [0.5, 0.6) is 5.75 Å². The summed E-state index contributed by atoms with van der Waals surface area (Å²) in [7, 11) is 0. The smallest absolute Gasteiger partial charge is 0.127 e. The zero-order valence-electron chi connectivity index (χ0n) is 8.81. The molecule has 0 spiro atoms. The molecule has 0 unspecified atom stereocenters. The van der Waals surface area contributed by atoms with Gasteiger partial charge in [0.2, 0.25) is 0 Å². The molecule has 0 saturated heterocycles. The maximum atomic E-state index is 5.77. The molecule has 1 aromatic rings. The van der Waals surface area contributed by atoms with Crippen LogP contribution in [-0.2, 0) is 0 Å². The fraction of sp³-hybridized carbons (Fsp3) is 0.143. The van der Waals surface area contributed by atoms with Gasteiger partial charge in [0.15, 0.2) is 0 Å². The minimum absolute atomic E-state index is 0.848. The van der Waals surface area contributed by atoms with E-state index in [0.717, 1.165) is 17.9 Å². The van der Waals surface area contributed by atoms with E-state index in [-0.39, 0.29) is 0 Å². The Hall–Kier alpha value is -1.76. The van der Waals surface area contributed by atoms with E-state index in [1.54, 1.807) is 0 Å². The van der Waals surface area contributed by atoms with E-state index < -0.39 is 0 Å². The minimum atomic E-state index is 0.848. The van der Waals surface area contributed by atoms with E-state index in [1.165, 1.54) is 5.56 Å². The van der Waals surface area contributed by atoms with Crippen molar-refractivity contribution in [1.82, 2.24) is 0 Å². The fourth-order valence-electron chi connectivity index (χ4n) is 1.46. The van der Waals surface area contributed by atoms with Gasteiger partial charge in [0.1, 0.15) is 11.5 Å². The first-order valence-corrected chi connectivity index (χ1v) is 5.11. The normalized spacial score (nSPS) is 14.6. The third-order valence-electron chi connectivity index (χ3n) is 2.20. The van der Waals surface area contributed by atoms with Crippen LogP contribution < -0.4 is 4.74 Å². The molecule has 0 atom stereocenters. The Morgan fingerprint density at radius 2 is 2.07 bits per heavy atom. The Kier molecular flexibility index (Phi) is 3.03. The number of allylic oxidation sites excluding steroid dienone is 5. The van der Waals surface area contributed by atoms with Crippen LogP contribution in [0.2, 0.25) is 0 Å². The lowest BCUT2D eigenvalue weighted by Crippen LogP contribution is -1.93. The van der Waals surface area contributed by atoms with E-state index in [9.17, 15) is 0 Å². The lowest BCUT2D eigenvalue weighted by Gasteiger charge is -2.07. The minimum Gasteiger partial charge on any atom is -0.461 e. The van der Waals surface area contributed by atoms with Crippen molar-refractivity contribution in [1.29, 1.82) is 0 Å². The van der Waals surface area contributed by atoms with E-state index >= 15 is 0 Å². The Morgan fingerprint density at radius 1 is 1.13 bits per heavy atom. The molecule has 0 aromatic heterocycles. The second kappa shape index (κ2) is 4.65.